The van der Waals surface area contributed by atoms with Crippen molar-refractivity contribution in [1.82, 2.24) is 0 Å². The maximum atomic E-state index is 11.2. The van der Waals surface area contributed by atoms with Crippen LogP contribution < -0.4 is 0 Å². The van der Waals surface area contributed by atoms with Gasteiger partial charge in [0, 0.05) is 17.9 Å². The summed E-state index contributed by atoms with van der Waals surface area (Å²) in [6.45, 7) is 8.85. The molecule has 2 fully saturated rings. The SMILES string of the molecule is COC(=O)/C=C/C(C)=C/[C@@H](C)[C@H]1O[C@@]2(C)O[C@H](C=C[C@@]23CO3)[C@@H]1C. The van der Waals surface area contributed by atoms with Gasteiger partial charge in [-0.15, -0.1) is 0 Å². The highest BCUT2D eigenvalue weighted by molar-refractivity contribution is 5.82. The summed E-state index contributed by atoms with van der Waals surface area (Å²) in [6, 6.07) is 0. The van der Waals surface area contributed by atoms with E-state index < -0.39 is 11.4 Å². The van der Waals surface area contributed by atoms with Crippen LogP contribution in [0.2, 0.25) is 0 Å². The summed E-state index contributed by atoms with van der Waals surface area (Å²) in [5.41, 5.74) is 0.573. The van der Waals surface area contributed by atoms with E-state index in [-0.39, 0.29) is 30.0 Å². The standard InChI is InChI=1S/C19H26O5/c1-12(6-7-16(20)21-5)10-13(2)17-14(3)15-8-9-19(11-22-19)18(4,23-15)24-17/h6-10,13-15,17H,11H2,1-5H3/b7-6+,12-10+/t13-,14+,15-,17-,18-,19-/m1/s1. The van der Waals surface area contributed by atoms with Crippen LogP contribution in [0.3, 0.4) is 0 Å². The first-order valence-corrected chi connectivity index (χ1v) is 8.44. The normalized spacial score (nSPS) is 42.4. The first kappa shape index (κ1) is 17.4. The third-order valence-electron chi connectivity index (χ3n) is 5.27. The summed E-state index contributed by atoms with van der Waals surface area (Å²) >= 11 is 0. The zero-order chi connectivity index (χ0) is 17.5. The molecule has 3 aliphatic rings. The lowest BCUT2D eigenvalue weighted by atomic mass is 9.82. The maximum Gasteiger partial charge on any atom is 0.330 e. The zero-order valence-electron chi connectivity index (χ0n) is 14.9. The van der Waals surface area contributed by atoms with Crippen LogP contribution in [-0.2, 0) is 23.7 Å². The number of fused-ring (bicyclic) bond motifs is 3. The lowest BCUT2D eigenvalue weighted by Crippen LogP contribution is -2.61. The van der Waals surface area contributed by atoms with Gasteiger partial charge in [0.05, 0.1) is 25.9 Å². The number of esters is 1. The van der Waals surface area contributed by atoms with E-state index >= 15 is 0 Å². The van der Waals surface area contributed by atoms with Crippen LogP contribution in [0.25, 0.3) is 0 Å². The number of carbonyl (C=O) groups excluding carboxylic acids is 1. The minimum atomic E-state index is -0.735. The van der Waals surface area contributed by atoms with Gasteiger partial charge in [-0.25, -0.2) is 4.79 Å². The van der Waals surface area contributed by atoms with E-state index in [2.05, 4.69) is 36.8 Å². The summed E-state index contributed by atoms with van der Waals surface area (Å²) in [5, 5.41) is 0. The van der Waals surface area contributed by atoms with Crippen molar-refractivity contribution >= 4 is 5.97 Å². The van der Waals surface area contributed by atoms with E-state index in [1.807, 2.05) is 13.8 Å². The molecule has 132 valence electrons. The Morgan fingerprint density at radius 3 is 2.71 bits per heavy atom. The van der Waals surface area contributed by atoms with Crippen LogP contribution in [0.5, 0.6) is 0 Å². The zero-order valence-corrected chi connectivity index (χ0v) is 14.9. The molecule has 6 atom stereocenters. The number of epoxide rings is 1. The molecule has 0 aromatic heterocycles. The number of ether oxygens (including phenoxy) is 4. The van der Waals surface area contributed by atoms with E-state index in [9.17, 15) is 4.79 Å². The third kappa shape index (κ3) is 2.96. The van der Waals surface area contributed by atoms with E-state index in [4.69, 9.17) is 14.2 Å². The second-order valence-corrected chi connectivity index (χ2v) is 7.13. The van der Waals surface area contributed by atoms with Crippen LogP contribution >= 0.6 is 0 Å². The Bertz CT molecular complexity index is 601. The van der Waals surface area contributed by atoms with Crippen molar-refractivity contribution in [3.63, 3.8) is 0 Å². The van der Waals surface area contributed by atoms with E-state index in [1.165, 1.54) is 13.2 Å². The first-order valence-electron chi connectivity index (χ1n) is 8.44. The average Bonchev–Trinajstić information content (AvgIpc) is 3.33. The van der Waals surface area contributed by atoms with Crippen LogP contribution in [0, 0.1) is 11.8 Å². The fourth-order valence-corrected chi connectivity index (χ4v) is 3.62. The summed E-state index contributed by atoms with van der Waals surface area (Å²) in [6.07, 6.45) is 9.56. The molecule has 2 bridgehead atoms. The lowest BCUT2D eigenvalue weighted by Gasteiger charge is -2.51. The van der Waals surface area contributed by atoms with Gasteiger partial charge in [-0.05, 0) is 19.9 Å². The van der Waals surface area contributed by atoms with Gasteiger partial charge in [0.1, 0.15) is 0 Å². The van der Waals surface area contributed by atoms with Crippen molar-refractivity contribution in [1.29, 1.82) is 0 Å². The highest BCUT2D eigenvalue weighted by atomic mass is 16.8. The van der Waals surface area contributed by atoms with Gasteiger partial charge < -0.3 is 18.9 Å². The van der Waals surface area contributed by atoms with Crippen molar-refractivity contribution in [2.45, 2.75) is 51.3 Å². The average molecular weight is 334 g/mol. The van der Waals surface area contributed by atoms with Crippen LogP contribution in [0.15, 0.2) is 36.0 Å². The molecule has 5 nitrogen and oxygen atoms in total. The molecule has 3 heterocycles. The van der Waals surface area contributed by atoms with Crippen molar-refractivity contribution in [2.75, 3.05) is 13.7 Å². The molecule has 0 saturated carbocycles. The van der Waals surface area contributed by atoms with Gasteiger partial charge in [0.15, 0.2) is 5.60 Å². The quantitative estimate of drug-likeness (QED) is 0.260. The lowest BCUT2D eigenvalue weighted by molar-refractivity contribution is -0.346. The molecule has 2 saturated heterocycles. The van der Waals surface area contributed by atoms with Crippen LogP contribution in [-0.4, -0.2) is 43.3 Å². The molecule has 0 aliphatic carbocycles. The van der Waals surface area contributed by atoms with Gasteiger partial charge >= 0.3 is 5.97 Å². The van der Waals surface area contributed by atoms with Crippen LogP contribution in [0.1, 0.15) is 27.7 Å². The number of methoxy groups -OCH3 is 1. The number of hydrogen-bond donors (Lipinski definition) is 0. The molecule has 0 radical (unpaired) electrons. The second kappa shape index (κ2) is 6.14. The Balaban J connectivity index is 1.75. The summed E-state index contributed by atoms with van der Waals surface area (Å²) in [5.74, 6) is -0.683. The molecule has 0 aromatic carbocycles. The Hall–Kier alpha value is -1.43. The molecule has 3 rings (SSSR count). The Morgan fingerprint density at radius 2 is 2.08 bits per heavy atom. The summed E-state index contributed by atoms with van der Waals surface area (Å²) in [4.78, 5) is 11.2. The highest BCUT2D eigenvalue weighted by Gasteiger charge is 2.65. The minimum Gasteiger partial charge on any atom is -0.466 e. The molecule has 0 unspecified atom stereocenters. The monoisotopic (exact) mass is 334 g/mol. The molecule has 3 aliphatic heterocycles. The largest absolute Gasteiger partial charge is 0.466 e. The molecule has 0 aromatic rings. The maximum absolute atomic E-state index is 11.2. The number of hydrogen-bond acceptors (Lipinski definition) is 5. The van der Waals surface area contributed by atoms with Gasteiger partial charge in [0.25, 0.3) is 0 Å². The van der Waals surface area contributed by atoms with Gasteiger partial charge in [-0.3, -0.25) is 0 Å². The third-order valence-corrected chi connectivity index (χ3v) is 5.27. The van der Waals surface area contributed by atoms with E-state index in [0.29, 0.717) is 6.61 Å². The Labute approximate surface area is 143 Å². The van der Waals surface area contributed by atoms with Gasteiger partial charge in [-0.1, -0.05) is 37.6 Å². The topological polar surface area (TPSA) is 57.3 Å². The molecule has 0 N–H and O–H groups in total. The second-order valence-electron chi connectivity index (χ2n) is 7.13. The van der Waals surface area contributed by atoms with Crippen LogP contribution in [0.4, 0.5) is 0 Å². The van der Waals surface area contributed by atoms with Gasteiger partial charge in [0.2, 0.25) is 5.79 Å². The number of rotatable bonds is 4. The molecule has 0 amide bonds. The predicted molar refractivity (Wildman–Crippen MR) is 89.2 cm³/mol. The van der Waals surface area contributed by atoms with Crippen molar-refractivity contribution in [2.24, 2.45) is 11.8 Å². The van der Waals surface area contributed by atoms with E-state index in [0.717, 1.165) is 5.57 Å². The molecule has 5 heteroatoms. The summed E-state index contributed by atoms with van der Waals surface area (Å²) < 4.78 is 22.8. The highest BCUT2D eigenvalue weighted by Crippen LogP contribution is 2.51. The molecule has 24 heavy (non-hydrogen) atoms. The van der Waals surface area contributed by atoms with Crippen molar-refractivity contribution in [3.8, 4) is 0 Å². The molecular weight excluding hydrogens is 308 g/mol. The predicted octanol–water partition coefficient (Wildman–Crippen LogP) is 2.77. The van der Waals surface area contributed by atoms with Crippen molar-refractivity contribution in [3.05, 3.63) is 36.0 Å². The first-order chi connectivity index (χ1) is 11.3. The Morgan fingerprint density at radius 1 is 1.38 bits per heavy atom. The number of carbonyl (C=O) groups is 1. The fourth-order valence-electron chi connectivity index (χ4n) is 3.62. The Kier molecular flexibility index (Phi) is 4.45. The van der Waals surface area contributed by atoms with E-state index in [1.54, 1.807) is 6.08 Å². The van der Waals surface area contributed by atoms with Gasteiger partial charge in [-0.2, -0.15) is 0 Å². The molecular formula is C19H26O5. The summed E-state index contributed by atoms with van der Waals surface area (Å²) in [7, 11) is 1.37. The molecule has 1 spiro atoms. The minimum absolute atomic E-state index is 0.0150. The smallest absolute Gasteiger partial charge is 0.330 e. The fraction of sp³-hybridized carbons (Fsp3) is 0.632. The van der Waals surface area contributed by atoms with Crippen molar-refractivity contribution < 1.29 is 23.7 Å². The number of allylic oxidation sites excluding steroid dienone is 2.